The predicted molar refractivity (Wildman–Crippen MR) is 99.8 cm³/mol. The standard InChI is InChI=1S/C23H32O4/c1-21-7-4-15-18(14(21)5-8-23(21,26)6-3-9-24)13-10-12(13)16-11-17(25)19-20(27-19)22(15,16)2/h11-15,18-20,24,26H,3-10H2,1-2H3/t12-,13+,14+,15+,18+,19?,20?,21+,22-,23+/m1/s1. The first-order valence-electron chi connectivity index (χ1n) is 11.1. The normalized spacial score (nSPS) is 59.8. The third-order valence-electron chi connectivity index (χ3n) is 10.2. The molecule has 0 amide bonds. The first-order chi connectivity index (χ1) is 12.8. The number of fused-ring (bicyclic) bond motifs is 10. The van der Waals surface area contributed by atoms with Gasteiger partial charge in [-0.05, 0) is 86.0 Å². The summed E-state index contributed by atoms with van der Waals surface area (Å²) in [5.41, 5.74) is 0.805. The summed E-state index contributed by atoms with van der Waals surface area (Å²) in [4.78, 5) is 12.3. The summed E-state index contributed by atoms with van der Waals surface area (Å²) in [6.07, 6.45) is 8.76. The minimum absolute atomic E-state index is 0.0254. The third kappa shape index (κ3) is 1.89. The van der Waals surface area contributed by atoms with Crippen molar-refractivity contribution in [3.05, 3.63) is 11.6 Å². The molecular formula is C23H32O4. The molecule has 5 fully saturated rings. The number of hydrogen-bond donors (Lipinski definition) is 2. The zero-order valence-electron chi connectivity index (χ0n) is 16.5. The summed E-state index contributed by atoms with van der Waals surface area (Å²) in [5, 5.41) is 20.9. The molecule has 0 radical (unpaired) electrons. The van der Waals surface area contributed by atoms with Crippen LogP contribution in [0.25, 0.3) is 0 Å². The Hall–Kier alpha value is -0.710. The van der Waals surface area contributed by atoms with Crippen LogP contribution in [0.15, 0.2) is 11.6 Å². The zero-order chi connectivity index (χ0) is 18.8. The van der Waals surface area contributed by atoms with Crippen molar-refractivity contribution in [1.29, 1.82) is 0 Å². The van der Waals surface area contributed by atoms with Crippen molar-refractivity contribution in [2.45, 2.75) is 76.6 Å². The maximum Gasteiger partial charge on any atom is 0.187 e. The molecule has 4 saturated carbocycles. The molecule has 1 aliphatic heterocycles. The van der Waals surface area contributed by atoms with Crippen molar-refractivity contribution >= 4 is 5.78 Å². The van der Waals surface area contributed by atoms with Crippen LogP contribution >= 0.6 is 0 Å². The maximum absolute atomic E-state index is 12.3. The van der Waals surface area contributed by atoms with E-state index in [-0.39, 0.29) is 35.4 Å². The molecule has 1 heterocycles. The molecule has 5 aliphatic carbocycles. The van der Waals surface area contributed by atoms with Crippen molar-refractivity contribution in [3.63, 3.8) is 0 Å². The predicted octanol–water partition coefficient (Wildman–Crippen LogP) is 2.87. The van der Waals surface area contributed by atoms with Gasteiger partial charge in [-0.1, -0.05) is 19.4 Å². The van der Waals surface area contributed by atoms with Crippen molar-refractivity contribution in [2.24, 2.45) is 40.4 Å². The maximum atomic E-state index is 12.3. The Balaban J connectivity index is 1.38. The Morgan fingerprint density at radius 3 is 2.78 bits per heavy atom. The molecule has 10 atom stereocenters. The topological polar surface area (TPSA) is 70.1 Å². The molecule has 4 heteroatoms. The molecule has 4 nitrogen and oxygen atoms in total. The fraction of sp³-hybridized carbons (Fsp3) is 0.870. The first kappa shape index (κ1) is 17.2. The van der Waals surface area contributed by atoms with Gasteiger partial charge in [-0.15, -0.1) is 0 Å². The van der Waals surface area contributed by atoms with Gasteiger partial charge in [0.1, 0.15) is 12.2 Å². The SMILES string of the molecule is C[C@]12CC[C@H]3[C@@H]([C@H]4C[C@H]4C4=CC(=O)C5OC5[C@@]43C)[C@@H]1CC[C@@]2(O)CCCO. The molecular weight excluding hydrogens is 340 g/mol. The molecule has 0 aromatic rings. The average molecular weight is 373 g/mol. The van der Waals surface area contributed by atoms with E-state index in [1.165, 1.54) is 12.0 Å². The summed E-state index contributed by atoms with van der Waals surface area (Å²) in [6, 6.07) is 0. The Morgan fingerprint density at radius 2 is 2.00 bits per heavy atom. The molecule has 0 bridgehead atoms. The highest BCUT2D eigenvalue weighted by Crippen LogP contribution is 2.76. The molecule has 1 saturated heterocycles. The van der Waals surface area contributed by atoms with E-state index in [0.29, 0.717) is 36.0 Å². The largest absolute Gasteiger partial charge is 0.396 e. The van der Waals surface area contributed by atoms with Crippen LogP contribution in [0.3, 0.4) is 0 Å². The van der Waals surface area contributed by atoms with E-state index in [1.54, 1.807) is 0 Å². The molecule has 2 N–H and O–H groups in total. The first-order valence-corrected chi connectivity index (χ1v) is 11.1. The van der Waals surface area contributed by atoms with Crippen LogP contribution in [0.1, 0.15) is 58.8 Å². The minimum atomic E-state index is -0.617. The Bertz CT molecular complexity index is 745. The van der Waals surface area contributed by atoms with Crippen LogP contribution in [0.5, 0.6) is 0 Å². The van der Waals surface area contributed by atoms with Crippen LogP contribution in [-0.4, -0.2) is 40.4 Å². The van der Waals surface area contributed by atoms with Gasteiger partial charge in [-0.3, -0.25) is 4.79 Å². The second-order valence-electron chi connectivity index (χ2n) is 10.9. The van der Waals surface area contributed by atoms with E-state index in [1.807, 2.05) is 6.08 Å². The molecule has 6 rings (SSSR count). The van der Waals surface area contributed by atoms with E-state index in [2.05, 4.69) is 13.8 Å². The van der Waals surface area contributed by atoms with E-state index in [4.69, 9.17) is 4.74 Å². The highest BCUT2D eigenvalue weighted by Gasteiger charge is 2.74. The number of epoxide rings is 1. The van der Waals surface area contributed by atoms with Crippen LogP contribution in [0.2, 0.25) is 0 Å². The van der Waals surface area contributed by atoms with Gasteiger partial charge in [0.25, 0.3) is 0 Å². The number of rotatable bonds is 3. The lowest BCUT2D eigenvalue weighted by Crippen LogP contribution is -2.57. The number of ether oxygens (including phenoxy) is 1. The third-order valence-corrected chi connectivity index (χ3v) is 10.2. The number of carbonyl (C=O) groups is 1. The minimum Gasteiger partial charge on any atom is -0.396 e. The molecule has 2 unspecified atom stereocenters. The van der Waals surface area contributed by atoms with Gasteiger partial charge in [-0.25, -0.2) is 0 Å². The van der Waals surface area contributed by atoms with Gasteiger partial charge >= 0.3 is 0 Å². The monoisotopic (exact) mass is 372 g/mol. The van der Waals surface area contributed by atoms with Crippen molar-refractivity contribution in [2.75, 3.05) is 6.61 Å². The molecule has 0 aromatic carbocycles. The Kier molecular flexibility index (Phi) is 3.22. The number of carbonyl (C=O) groups excluding carboxylic acids is 1. The van der Waals surface area contributed by atoms with E-state index in [0.717, 1.165) is 32.1 Å². The number of aliphatic hydroxyl groups excluding tert-OH is 1. The fourth-order valence-electron chi connectivity index (χ4n) is 8.65. The van der Waals surface area contributed by atoms with E-state index >= 15 is 0 Å². The Labute approximate surface area is 161 Å². The highest BCUT2D eigenvalue weighted by atomic mass is 16.6. The lowest BCUT2D eigenvalue weighted by atomic mass is 9.46. The molecule has 0 aromatic heterocycles. The van der Waals surface area contributed by atoms with Gasteiger partial charge in [0.05, 0.1) is 5.60 Å². The molecule has 0 spiro atoms. The highest BCUT2D eigenvalue weighted by molar-refractivity contribution is 5.98. The number of aliphatic hydroxyl groups is 2. The van der Waals surface area contributed by atoms with Crippen molar-refractivity contribution in [3.8, 4) is 0 Å². The second-order valence-corrected chi connectivity index (χ2v) is 10.9. The van der Waals surface area contributed by atoms with Crippen molar-refractivity contribution in [1.82, 2.24) is 0 Å². The van der Waals surface area contributed by atoms with Crippen LogP contribution in [-0.2, 0) is 9.53 Å². The summed E-state index contributed by atoms with van der Waals surface area (Å²) in [7, 11) is 0. The second kappa shape index (κ2) is 5.06. The lowest BCUT2D eigenvalue weighted by Gasteiger charge is -2.58. The van der Waals surface area contributed by atoms with Gasteiger partial charge in [0.15, 0.2) is 5.78 Å². The molecule has 27 heavy (non-hydrogen) atoms. The summed E-state index contributed by atoms with van der Waals surface area (Å²) in [5.74, 6) is 3.33. The van der Waals surface area contributed by atoms with Gasteiger partial charge in [-0.2, -0.15) is 0 Å². The van der Waals surface area contributed by atoms with Crippen LogP contribution < -0.4 is 0 Å². The van der Waals surface area contributed by atoms with Crippen molar-refractivity contribution < 1.29 is 19.7 Å². The number of hydrogen-bond acceptors (Lipinski definition) is 4. The zero-order valence-corrected chi connectivity index (χ0v) is 16.5. The van der Waals surface area contributed by atoms with E-state index in [9.17, 15) is 15.0 Å². The van der Waals surface area contributed by atoms with E-state index < -0.39 is 5.60 Å². The van der Waals surface area contributed by atoms with Gasteiger partial charge in [0, 0.05) is 12.0 Å². The summed E-state index contributed by atoms with van der Waals surface area (Å²) >= 11 is 0. The molecule has 148 valence electrons. The summed E-state index contributed by atoms with van der Waals surface area (Å²) < 4.78 is 5.93. The molecule has 6 aliphatic rings. The van der Waals surface area contributed by atoms with Crippen LogP contribution in [0.4, 0.5) is 0 Å². The van der Waals surface area contributed by atoms with Gasteiger partial charge in [0.2, 0.25) is 0 Å². The summed E-state index contributed by atoms with van der Waals surface area (Å²) in [6.45, 7) is 4.89. The number of ketones is 1. The fourth-order valence-corrected chi connectivity index (χ4v) is 8.65. The lowest BCUT2D eigenvalue weighted by molar-refractivity contribution is -0.135. The van der Waals surface area contributed by atoms with Gasteiger partial charge < -0.3 is 14.9 Å². The quantitative estimate of drug-likeness (QED) is 0.748. The smallest absolute Gasteiger partial charge is 0.187 e. The Morgan fingerprint density at radius 1 is 1.22 bits per heavy atom. The van der Waals surface area contributed by atoms with Crippen LogP contribution in [0, 0.1) is 40.4 Å². The average Bonchev–Trinajstić information content (AvgIpc) is 3.53.